The number of hydrogen-bond acceptors (Lipinski definition) is 4. The normalized spacial score (nSPS) is 11.9. The second-order valence-electron chi connectivity index (χ2n) is 14.5. The molecule has 0 spiro atoms. The van der Waals surface area contributed by atoms with Gasteiger partial charge in [0.15, 0.2) is 23.1 Å². The summed E-state index contributed by atoms with van der Waals surface area (Å²) >= 11 is 3.83. The van der Waals surface area contributed by atoms with Gasteiger partial charge in [-0.2, -0.15) is 0 Å². The highest BCUT2D eigenvalue weighted by molar-refractivity contribution is 9.10. The van der Waals surface area contributed by atoms with Crippen LogP contribution in [0, 0.1) is 0 Å². The van der Waals surface area contributed by atoms with Gasteiger partial charge in [0.25, 0.3) is 0 Å². The van der Waals surface area contributed by atoms with Crippen molar-refractivity contribution in [2.75, 3.05) is 0 Å². The summed E-state index contributed by atoms with van der Waals surface area (Å²) in [6, 6.07) is 63.2. The van der Waals surface area contributed by atoms with Crippen molar-refractivity contribution < 1.29 is 4.42 Å². The van der Waals surface area contributed by atoms with E-state index in [-0.39, 0.29) is 0 Å². The molecule has 0 bridgehead atoms. The summed E-state index contributed by atoms with van der Waals surface area (Å²) in [7, 11) is 0. The summed E-state index contributed by atoms with van der Waals surface area (Å²) in [5.41, 5.74) is 10.3. The maximum atomic E-state index is 7.09. The lowest BCUT2D eigenvalue weighted by molar-refractivity contribution is 0.666. The highest BCUT2D eigenvalue weighted by atomic mass is 79.9. The molecule has 0 fully saturated rings. The Hall–Kier alpha value is -7.35. The van der Waals surface area contributed by atoms with Gasteiger partial charge in [-0.05, 0) is 48.5 Å². The molecule has 0 saturated heterocycles. The van der Waals surface area contributed by atoms with Crippen LogP contribution in [0.15, 0.2) is 191 Å². The zero-order valence-electron chi connectivity index (χ0n) is 30.8. The fourth-order valence-corrected chi connectivity index (χ4v) is 9.10. The number of fused-ring (bicyclic) bond motifs is 9. The van der Waals surface area contributed by atoms with Crippen LogP contribution in [0.3, 0.4) is 0 Å². The molecule has 12 rings (SSSR count). The molecule has 0 aliphatic rings. The SMILES string of the molecule is Brc1ccc2oc3c(-n4c5ccccc5c5ccccc54)cc(-c4nc(-c5ccccc5)nc(-c5ccccc5)n4)c(-n4c5ccccc5c5ccccc54)c3c2c1. The minimum Gasteiger partial charge on any atom is -0.454 e. The summed E-state index contributed by atoms with van der Waals surface area (Å²) in [6.45, 7) is 0. The smallest absolute Gasteiger partial charge is 0.166 e. The molecule has 12 aromatic rings. The van der Waals surface area contributed by atoms with Crippen molar-refractivity contribution in [3.05, 3.63) is 186 Å². The third-order valence-corrected chi connectivity index (χ3v) is 11.7. The van der Waals surface area contributed by atoms with Crippen LogP contribution in [-0.2, 0) is 0 Å². The van der Waals surface area contributed by atoms with Crippen LogP contribution in [0.4, 0.5) is 0 Å². The van der Waals surface area contributed by atoms with Gasteiger partial charge in [-0.1, -0.05) is 149 Å². The Morgan fingerprint density at radius 1 is 0.414 bits per heavy atom. The van der Waals surface area contributed by atoms with Gasteiger partial charge in [0.2, 0.25) is 0 Å². The Labute approximate surface area is 340 Å². The number of halogens is 1. The largest absolute Gasteiger partial charge is 0.454 e. The van der Waals surface area contributed by atoms with Gasteiger partial charge < -0.3 is 13.6 Å². The molecule has 0 aliphatic heterocycles. The Morgan fingerprint density at radius 2 is 0.862 bits per heavy atom. The average Bonchev–Trinajstić information content (AvgIpc) is 3.94. The molecule has 0 atom stereocenters. The van der Waals surface area contributed by atoms with E-state index in [0.29, 0.717) is 17.5 Å². The summed E-state index contributed by atoms with van der Waals surface area (Å²) in [6.07, 6.45) is 0. The Balaban J connectivity index is 1.33. The number of aromatic nitrogens is 5. The van der Waals surface area contributed by atoms with Crippen molar-refractivity contribution in [1.29, 1.82) is 0 Å². The molecule has 4 aromatic heterocycles. The number of benzene rings is 8. The van der Waals surface area contributed by atoms with Gasteiger partial charge >= 0.3 is 0 Å². The zero-order chi connectivity index (χ0) is 38.3. The molecule has 58 heavy (non-hydrogen) atoms. The molecule has 0 aliphatic carbocycles. The van der Waals surface area contributed by atoms with Crippen LogP contribution >= 0.6 is 15.9 Å². The predicted octanol–water partition coefficient (Wildman–Crippen LogP) is 13.7. The van der Waals surface area contributed by atoms with Crippen molar-refractivity contribution in [2.24, 2.45) is 0 Å². The fourth-order valence-electron chi connectivity index (χ4n) is 8.73. The first kappa shape index (κ1) is 32.9. The van der Waals surface area contributed by atoms with E-state index in [2.05, 4.69) is 159 Å². The van der Waals surface area contributed by atoms with Crippen LogP contribution in [0.5, 0.6) is 0 Å². The molecule has 6 nitrogen and oxygen atoms in total. The van der Waals surface area contributed by atoms with Crippen molar-refractivity contribution in [2.45, 2.75) is 0 Å². The van der Waals surface area contributed by atoms with Crippen molar-refractivity contribution in [1.82, 2.24) is 24.1 Å². The third kappa shape index (κ3) is 4.93. The zero-order valence-corrected chi connectivity index (χ0v) is 32.4. The van der Waals surface area contributed by atoms with Gasteiger partial charge in [0, 0.05) is 48.1 Å². The summed E-state index contributed by atoms with van der Waals surface area (Å²) < 4.78 is 12.8. The number of nitrogens with zero attached hydrogens (tertiary/aromatic N) is 5. The van der Waals surface area contributed by atoms with Gasteiger partial charge in [-0.15, -0.1) is 0 Å². The van der Waals surface area contributed by atoms with Crippen molar-refractivity contribution in [3.8, 4) is 45.5 Å². The molecule has 4 heterocycles. The van der Waals surface area contributed by atoms with Crippen LogP contribution in [-0.4, -0.2) is 24.1 Å². The van der Waals surface area contributed by atoms with E-state index in [1.807, 2.05) is 48.5 Å². The van der Waals surface area contributed by atoms with Gasteiger partial charge in [-0.3, -0.25) is 0 Å². The summed E-state index contributed by atoms with van der Waals surface area (Å²) in [5, 5.41) is 6.57. The molecule has 272 valence electrons. The Bertz CT molecular complexity index is 3420. The predicted molar refractivity (Wildman–Crippen MR) is 240 cm³/mol. The molecule has 0 N–H and O–H groups in total. The molecule has 8 aromatic carbocycles. The lowest BCUT2D eigenvalue weighted by atomic mass is 10.0. The van der Waals surface area contributed by atoms with Crippen molar-refractivity contribution >= 4 is 81.5 Å². The molecular weight excluding hydrogens is 778 g/mol. The first-order valence-corrected chi connectivity index (χ1v) is 20.0. The molecule has 0 radical (unpaired) electrons. The monoisotopic (exact) mass is 807 g/mol. The van der Waals surface area contributed by atoms with Crippen LogP contribution in [0.25, 0.3) is 111 Å². The average molecular weight is 809 g/mol. The van der Waals surface area contributed by atoms with Crippen molar-refractivity contribution in [3.63, 3.8) is 0 Å². The molecule has 0 saturated carbocycles. The lowest BCUT2D eigenvalue weighted by Gasteiger charge is -2.19. The molecule has 0 amide bonds. The van der Waals surface area contributed by atoms with E-state index in [1.165, 1.54) is 0 Å². The number of furan rings is 1. The van der Waals surface area contributed by atoms with E-state index in [9.17, 15) is 0 Å². The van der Waals surface area contributed by atoms with Gasteiger partial charge in [0.1, 0.15) is 5.58 Å². The fraction of sp³-hybridized carbons (Fsp3) is 0. The first-order valence-electron chi connectivity index (χ1n) is 19.2. The Morgan fingerprint density at radius 3 is 1.38 bits per heavy atom. The van der Waals surface area contributed by atoms with E-state index >= 15 is 0 Å². The standard InChI is InChI=1S/C51H30BrN5O/c52-33-27-28-45-38(29-33)46-47(57-42-25-13-9-21-36(42)37-22-10-14-26-43(37)57)39(51-54-49(31-15-3-1-4-16-31)53-50(55-51)32-17-5-2-6-18-32)30-44(48(46)58-45)56-40-23-11-7-19-34(40)35-20-8-12-24-41(35)56/h1-30H. The number of hydrogen-bond donors (Lipinski definition) is 0. The quantitative estimate of drug-likeness (QED) is 0.174. The molecule has 7 heteroatoms. The molecule has 0 unspecified atom stereocenters. The van der Waals surface area contributed by atoms with Gasteiger partial charge in [0.05, 0.1) is 38.8 Å². The van der Waals surface area contributed by atoms with E-state index < -0.39 is 0 Å². The highest BCUT2D eigenvalue weighted by Gasteiger charge is 2.28. The summed E-state index contributed by atoms with van der Waals surface area (Å²) in [5.74, 6) is 1.74. The lowest BCUT2D eigenvalue weighted by Crippen LogP contribution is -2.06. The van der Waals surface area contributed by atoms with Crippen LogP contribution < -0.4 is 0 Å². The Kier molecular flexibility index (Phi) is 7.28. The van der Waals surface area contributed by atoms with Crippen LogP contribution in [0.2, 0.25) is 0 Å². The molecular formula is C51H30BrN5O. The summed E-state index contributed by atoms with van der Waals surface area (Å²) in [4.78, 5) is 15.9. The topological polar surface area (TPSA) is 61.7 Å². The van der Waals surface area contributed by atoms with Gasteiger partial charge in [-0.25, -0.2) is 15.0 Å². The highest BCUT2D eigenvalue weighted by Crippen LogP contribution is 2.47. The minimum absolute atomic E-state index is 0.554. The first-order chi connectivity index (χ1) is 28.7. The number of para-hydroxylation sites is 4. The van der Waals surface area contributed by atoms with E-state index in [4.69, 9.17) is 19.4 Å². The minimum atomic E-state index is 0.554. The van der Waals surface area contributed by atoms with E-state index in [0.717, 1.165) is 98.1 Å². The maximum absolute atomic E-state index is 7.09. The third-order valence-electron chi connectivity index (χ3n) is 11.2. The second-order valence-corrected chi connectivity index (χ2v) is 15.4. The second kappa shape index (κ2) is 12.8. The number of rotatable bonds is 5. The maximum Gasteiger partial charge on any atom is 0.166 e. The van der Waals surface area contributed by atoms with E-state index in [1.54, 1.807) is 0 Å². The van der Waals surface area contributed by atoms with Crippen LogP contribution in [0.1, 0.15) is 0 Å².